The molecular weight excluding hydrogens is 533 g/mol. The Bertz CT molecular complexity index is 1530. The van der Waals surface area contributed by atoms with Crippen molar-refractivity contribution >= 4 is 49.8 Å². The third kappa shape index (κ3) is 6.45. The van der Waals surface area contributed by atoms with Crippen LogP contribution in [0.25, 0.3) is 10.8 Å². The Labute approximate surface area is 227 Å². The van der Waals surface area contributed by atoms with Crippen molar-refractivity contribution in [1.82, 2.24) is 9.88 Å². The van der Waals surface area contributed by atoms with E-state index in [0.717, 1.165) is 22.9 Å². The SMILES string of the molecule is Cc1c(Cl)cccc1S(=O)(=O)Nc1ncc2ccccc2c1OCc1ccc(Cl)c(OCCN(C)C)c1. The van der Waals surface area contributed by atoms with Crippen molar-refractivity contribution < 1.29 is 17.9 Å². The maximum Gasteiger partial charge on any atom is 0.263 e. The zero-order chi connectivity index (χ0) is 26.6. The number of ether oxygens (including phenoxy) is 2. The van der Waals surface area contributed by atoms with Gasteiger partial charge >= 0.3 is 0 Å². The number of nitrogens with zero attached hydrogens (tertiary/aromatic N) is 2. The van der Waals surface area contributed by atoms with Crippen LogP contribution in [-0.4, -0.2) is 45.5 Å². The lowest BCUT2D eigenvalue weighted by Crippen LogP contribution is -2.19. The number of benzene rings is 3. The minimum Gasteiger partial charge on any atom is -0.491 e. The number of nitrogens with one attached hydrogen (secondary N) is 1. The molecule has 0 atom stereocenters. The van der Waals surface area contributed by atoms with E-state index in [-0.39, 0.29) is 17.3 Å². The fourth-order valence-corrected chi connectivity index (χ4v) is 5.34. The van der Waals surface area contributed by atoms with Crippen molar-refractivity contribution in [2.45, 2.75) is 18.4 Å². The van der Waals surface area contributed by atoms with Crippen LogP contribution in [0.15, 0.2) is 71.8 Å². The summed E-state index contributed by atoms with van der Waals surface area (Å²) >= 11 is 12.5. The molecule has 0 saturated carbocycles. The highest BCUT2D eigenvalue weighted by Gasteiger charge is 2.22. The first-order valence-corrected chi connectivity index (χ1v) is 13.7. The predicted octanol–water partition coefficient (Wildman–Crippen LogP) is 6.17. The van der Waals surface area contributed by atoms with Crippen LogP contribution < -0.4 is 14.2 Å². The van der Waals surface area contributed by atoms with E-state index in [2.05, 4.69) is 9.71 Å². The number of sulfonamides is 1. The maximum atomic E-state index is 13.3. The van der Waals surface area contributed by atoms with E-state index in [1.807, 2.05) is 55.4 Å². The molecule has 1 N–H and O–H groups in total. The minimum atomic E-state index is -3.99. The summed E-state index contributed by atoms with van der Waals surface area (Å²) in [6, 6.07) is 17.6. The molecule has 0 aliphatic rings. The molecule has 4 aromatic rings. The van der Waals surface area contributed by atoms with Gasteiger partial charge in [-0.15, -0.1) is 0 Å². The number of rotatable bonds is 10. The molecule has 1 aromatic heterocycles. The average Bonchev–Trinajstić information content (AvgIpc) is 2.86. The second-order valence-electron chi connectivity index (χ2n) is 8.70. The van der Waals surface area contributed by atoms with E-state index in [4.69, 9.17) is 32.7 Å². The van der Waals surface area contributed by atoms with Gasteiger partial charge in [-0.3, -0.25) is 4.72 Å². The van der Waals surface area contributed by atoms with Crippen molar-refractivity contribution in [1.29, 1.82) is 0 Å². The lowest BCUT2D eigenvalue weighted by atomic mass is 10.1. The normalized spacial score (nSPS) is 11.6. The highest BCUT2D eigenvalue weighted by molar-refractivity contribution is 7.92. The summed E-state index contributed by atoms with van der Waals surface area (Å²) in [5, 5.41) is 2.38. The number of hydrogen-bond donors (Lipinski definition) is 1. The number of likely N-dealkylation sites (N-methyl/N-ethyl adjacent to an activating group) is 1. The second-order valence-corrected chi connectivity index (χ2v) is 11.2. The van der Waals surface area contributed by atoms with Crippen LogP contribution in [0.2, 0.25) is 10.0 Å². The van der Waals surface area contributed by atoms with Gasteiger partial charge in [-0.2, -0.15) is 0 Å². The quantitative estimate of drug-likeness (QED) is 0.250. The van der Waals surface area contributed by atoms with Crippen LogP contribution in [0.5, 0.6) is 11.5 Å². The number of hydrogen-bond acceptors (Lipinski definition) is 6. The summed E-state index contributed by atoms with van der Waals surface area (Å²) in [6.45, 7) is 3.02. The van der Waals surface area contributed by atoms with Crippen molar-refractivity contribution in [3.63, 3.8) is 0 Å². The van der Waals surface area contributed by atoms with E-state index >= 15 is 0 Å². The van der Waals surface area contributed by atoms with Gasteiger partial charge in [0.05, 0.1) is 9.92 Å². The first kappa shape index (κ1) is 27.0. The lowest BCUT2D eigenvalue weighted by molar-refractivity contribution is 0.260. The number of pyridine rings is 1. The Morgan fingerprint density at radius 2 is 1.76 bits per heavy atom. The smallest absolute Gasteiger partial charge is 0.263 e. The third-order valence-electron chi connectivity index (χ3n) is 5.67. The van der Waals surface area contributed by atoms with Gasteiger partial charge in [0.2, 0.25) is 0 Å². The molecule has 4 rings (SSSR count). The van der Waals surface area contributed by atoms with Crippen molar-refractivity contribution in [2.75, 3.05) is 32.0 Å². The molecule has 7 nitrogen and oxygen atoms in total. The molecule has 0 bridgehead atoms. The molecule has 0 aliphatic heterocycles. The van der Waals surface area contributed by atoms with Gasteiger partial charge in [0.1, 0.15) is 19.0 Å². The van der Waals surface area contributed by atoms with Gasteiger partial charge in [0.15, 0.2) is 11.6 Å². The zero-order valence-corrected chi connectivity index (χ0v) is 23.0. The Morgan fingerprint density at radius 3 is 2.54 bits per heavy atom. The molecule has 0 saturated heterocycles. The predicted molar refractivity (Wildman–Crippen MR) is 149 cm³/mol. The van der Waals surface area contributed by atoms with Crippen molar-refractivity contribution in [3.05, 3.63) is 88.0 Å². The fraction of sp³-hybridized carbons (Fsp3) is 0.222. The molecule has 0 spiro atoms. The van der Waals surface area contributed by atoms with Crippen LogP contribution in [0.4, 0.5) is 5.82 Å². The van der Waals surface area contributed by atoms with Crippen LogP contribution in [0.1, 0.15) is 11.1 Å². The van der Waals surface area contributed by atoms with Gasteiger partial charge in [0, 0.05) is 28.5 Å². The summed E-state index contributed by atoms with van der Waals surface area (Å²) in [6.07, 6.45) is 1.60. The standard InChI is InChI=1S/C27H27Cl2N3O4S/c1-18-22(28)9-6-10-25(18)37(33,34)31-27-26(21-8-5-4-7-20(21)16-30-27)36-17-19-11-12-23(29)24(15-19)35-14-13-32(2)3/h4-12,15-16H,13-14,17H2,1-3H3,(H,30,31). The van der Waals surface area contributed by atoms with Crippen LogP contribution in [-0.2, 0) is 16.6 Å². The molecular formula is C27H27Cl2N3O4S. The van der Waals surface area contributed by atoms with E-state index in [1.165, 1.54) is 6.07 Å². The van der Waals surface area contributed by atoms with E-state index in [9.17, 15) is 8.42 Å². The van der Waals surface area contributed by atoms with E-state index in [0.29, 0.717) is 33.7 Å². The number of aromatic nitrogens is 1. The Kier molecular flexibility index (Phi) is 8.44. The Balaban J connectivity index is 1.64. The highest BCUT2D eigenvalue weighted by atomic mass is 35.5. The molecule has 1 heterocycles. The molecule has 10 heteroatoms. The van der Waals surface area contributed by atoms with Crippen LogP contribution >= 0.6 is 23.2 Å². The Hall–Kier alpha value is -3.04. The summed E-state index contributed by atoms with van der Waals surface area (Å²) in [5.41, 5.74) is 1.25. The molecule has 0 fully saturated rings. The molecule has 0 aliphatic carbocycles. The monoisotopic (exact) mass is 559 g/mol. The minimum absolute atomic E-state index is 0.0677. The van der Waals surface area contributed by atoms with Gasteiger partial charge < -0.3 is 14.4 Å². The summed E-state index contributed by atoms with van der Waals surface area (Å²) in [4.78, 5) is 6.46. The van der Waals surface area contributed by atoms with Crippen molar-refractivity contribution in [3.8, 4) is 11.5 Å². The molecule has 0 amide bonds. The zero-order valence-electron chi connectivity index (χ0n) is 20.7. The molecule has 194 valence electrons. The number of fused-ring (bicyclic) bond motifs is 1. The fourth-order valence-electron chi connectivity index (χ4n) is 3.66. The molecule has 0 unspecified atom stereocenters. The summed E-state index contributed by atoms with van der Waals surface area (Å²) < 4.78 is 41.1. The Morgan fingerprint density at radius 1 is 0.973 bits per heavy atom. The maximum absolute atomic E-state index is 13.3. The molecule has 0 radical (unpaired) electrons. The summed E-state index contributed by atoms with van der Waals surface area (Å²) in [5.74, 6) is 0.943. The first-order valence-electron chi connectivity index (χ1n) is 11.5. The van der Waals surface area contributed by atoms with Gasteiger partial charge in [-0.25, -0.2) is 13.4 Å². The number of halogens is 2. The molecule has 3 aromatic carbocycles. The highest BCUT2D eigenvalue weighted by Crippen LogP contribution is 2.35. The third-order valence-corrected chi connectivity index (χ3v) is 7.87. The summed E-state index contributed by atoms with van der Waals surface area (Å²) in [7, 11) is -0.0582. The largest absolute Gasteiger partial charge is 0.491 e. The number of anilines is 1. The average molecular weight is 561 g/mol. The van der Waals surface area contributed by atoms with Crippen molar-refractivity contribution in [2.24, 2.45) is 0 Å². The van der Waals surface area contributed by atoms with Crippen LogP contribution in [0.3, 0.4) is 0 Å². The van der Waals surface area contributed by atoms with E-state index in [1.54, 1.807) is 31.3 Å². The van der Waals surface area contributed by atoms with E-state index < -0.39 is 10.0 Å². The first-order chi connectivity index (χ1) is 17.7. The van der Waals surface area contributed by atoms with Crippen LogP contribution in [0, 0.1) is 6.92 Å². The lowest BCUT2D eigenvalue weighted by Gasteiger charge is -2.17. The topological polar surface area (TPSA) is 80.8 Å². The van der Waals surface area contributed by atoms with Gasteiger partial charge in [-0.1, -0.05) is 59.6 Å². The van der Waals surface area contributed by atoms with Gasteiger partial charge in [-0.05, 0) is 56.4 Å². The molecule has 37 heavy (non-hydrogen) atoms. The van der Waals surface area contributed by atoms with Gasteiger partial charge in [0.25, 0.3) is 10.0 Å². The second kappa shape index (κ2) is 11.6.